The lowest BCUT2D eigenvalue weighted by Crippen LogP contribution is -2.22. The SMILES string of the molecule is C=C/C=N\c1c(C(N)=O)c(N)nn1C.CCc1cc2cccc(C#Cc3cnn(C)c3)c2c(=O)n1-c1ccc(C)cc1. The number of nitrogen functional groups attached to an aromatic ring is 1. The highest BCUT2D eigenvalue weighted by Crippen LogP contribution is 2.23. The number of nitrogens with zero attached hydrogens (tertiary/aromatic N) is 6. The van der Waals surface area contributed by atoms with Gasteiger partial charge in [0.05, 0.1) is 17.1 Å². The third-order valence-corrected chi connectivity index (χ3v) is 6.42. The number of anilines is 1. The number of aryl methyl sites for hydroxylation is 4. The molecule has 5 aromatic rings. The van der Waals surface area contributed by atoms with Crippen molar-refractivity contribution in [3.63, 3.8) is 0 Å². The van der Waals surface area contributed by atoms with E-state index in [9.17, 15) is 9.59 Å². The van der Waals surface area contributed by atoms with Crippen LogP contribution in [0.5, 0.6) is 0 Å². The minimum absolute atomic E-state index is 0.0331. The molecule has 0 unspecified atom stereocenters. The molecule has 5 rings (SSSR count). The fourth-order valence-corrected chi connectivity index (χ4v) is 4.43. The molecule has 2 aromatic carbocycles. The molecule has 0 fully saturated rings. The molecule has 0 aliphatic rings. The summed E-state index contributed by atoms with van der Waals surface area (Å²) in [6.07, 6.45) is 7.26. The molecule has 42 heavy (non-hydrogen) atoms. The van der Waals surface area contributed by atoms with E-state index in [0.29, 0.717) is 11.2 Å². The number of hydrogen-bond acceptors (Lipinski definition) is 6. The molecule has 0 aliphatic carbocycles. The van der Waals surface area contributed by atoms with Crippen molar-refractivity contribution < 1.29 is 4.79 Å². The number of aliphatic imine (C=N–C) groups is 1. The number of rotatable bonds is 5. The number of pyridine rings is 1. The molecule has 0 bridgehead atoms. The average molecular weight is 561 g/mol. The molecule has 10 heteroatoms. The number of aromatic nitrogens is 5. The Morgan fingerprint density at radius 2 is 1.88 bits per heavy atom. The Morgan fingerprint density at radius 3 is 2.50 bits per heavy atom. The Hall–Kier alpha value is -5.69. The number of allylic oxidation sites excluding steroid dienone is 1. The van der Waals surface area contributed by atoms with Gasteiger partial charge in [-0.1, -0.05) is 61.2 Å². The summed E-state index contributed by atoms with van der Waals surface area (Å²) < 4.78 is 4.90. The molecule has 0 radical (unpaired) electrons. The van der Waals surface area contributed by atoms with E-state index >= 15 is 0 Å². The molecule has 0 saturated heterocycles. The Balaban J connectivity index is 0.000000244. The third-order valence-electron chi connectivity index (χ3n) is 6.42. The van der Waals surface area contributed by atoms with Gasteiger partial charge in [0.2, 0.25) is 0 Å². The predicted molar refractivity (Wildman–Crippen MR) is 167 cm³/mol. The van der Waals surface area contributed by atoms with Gasteiger partial charge in [-0.05, 0) is 43.0 Å². The molecule has 212 valence electrons. The molecule has 0 saturated carbocycles. The summed E-state index contributed by atoms with van der Waals surface area (Å²) in [4.78, 5) is 28.5. The maximum Gasteiger partial charge on any atom is 0.264 e. The molecule has 0 atom stereocenters. The van der Waals surface area contributed by atoms with E-state index in [-0.39, 0.29) is 16.9 Å². The van der Waals surface area contributed by atoms with Crippen molar-refractivity contribution in [2.24, 2.45) is 24.8 Å². The summed E-state index contributed by atoms with van der Waals surface area (Å²) in [6.45, 7) is 7.57. The monoisotopic (exact) mass is 560 g/mol. The summed E-state index contributed by atoms with van der Waals surface area (Å²) in [5.41, 5.74) is 15.3. The van der Waals surface area contributed by atoms with E-state index in [2.05, 4.69) is 46.6 Å². The van der Waals surface area contributed by atoms with Gasteiger partial charge < -0.3 is 11.5 Å². The summed E-state index contributed by atoms with van der Waals surface area (Å²) in [6, 6.07) is 16.0. The summed E-state index contributed by atoms with van der Waals surface area (Å²) in [5.74, 6) is 6.04. The average Bonchev–Trinajstić information content (AvgIpc) is 3.51. The van der Waals surface area contributed by atoms with Crippen molar-refractivity contribution in [3.05, 3.63) is 112 Å². The molecule has 4 N–H and O–H groups in total. The van der Waals surface area contributed by atoms with Crippen LogP contribution in [0.4, 0.5) is 11.6 Å². The van der Waals surface area contributed by atoms with Gasteiger partial charge >= 0.3 is 0 Å². The van der Waals surface area contributed by atoms with Crippen LogP contribution >= 0.6 is 0 Å². The van der Waals surface area contributed by atoms with Gasteiger partial charge in [0, 0.05) is 43.5 Å². The second-order valence-electron chi connectivity index (χ2n) is 9.47. The van der Waals surface area contributed by atoms with Crippen LogP contribution in [-0.4, -0.2) is 36.2 Å². The molecule has 3 heterocycles. The number of carbonyl (C=O) groups is 1. The van der Waals surface area contributed by atoms with E-state index in [4.69, 9.17) is 11.5 Å². The zero-order valence-corrected chi connectivity index (χ0v) is 24.0. The molecule has 3 aromatic heterocycles. The van der Waals surface area contributed by atoms with E-state index in [1.54, 1.807) is 22.5 Å². The standard InChI is InChI=1S/C24H21N3O.C8H11N5O/c1-4-21-14-20-7-5-6-19(11-10-18-15-25-26(3)16-18)23(20)24(28)27(21)22-12-8-17(2)9-13-22;1-3-4-11-8-5(7(10)14)6(9)12-13(8)2/h5-9,12-16H,4H2,1-3H3;3-4H,1H2,2H3,(H2,9,12)(H2,10,14)/b;11-4-. The van der Waals surface area contributed by atoms with Gasteiger partial charge in [-0.3, -0.25) is 18.8 Å². The van der Waals surface area contributed by atoms with Gasteiger partial charge in [-0.15, -0.1) is 0 Å². The molecule has 10 nitrogen and oxygen atoms in total. The fraction of sp³-hybridized carbons (Fsp3) is 0.156. The van der Waals surface area contributed by atoms with Crippen LogP contribution < -0.4 is 17.0 Å². The summed E-state index contributed by atoms with van der Waals surface area (Å²) >= 11 is 0. The lowest BCUT2D eigenvalue weighted by atomic mass is 10.0. The van der Waals surface area contributed by atoms with E-state index < -0.39 is 5.91 Å². The molecule has 0 aliphatic heterocycles. The summed E-state index contributed by atoms with van der Waals surface area (Å²) in [7, 11) is 3.48. The highest BCUT2D eigenvalue weighted by atomic mass is 16.1. The van der Waals surface area contributed by atoms with Crippen molar-refractivity contribution in [3.8, 4) is 17.5 Å². The van der Waals surface area contributed by atoms with Crippen molar-refractivity contribution in [1.29, 1.82) is 0 Å². The maximum absolute atomic E-state index is 13.5. The van der Waals surface area contributed by atoms with Crippen molar-refractivity contribution in [2.75, 3.05) is 5.73 Å². The van der Waals surface area contributed by atoms with Gasteiger partial charge in [0.15, 0.2) is 11.6 Å². The van der Waals surface area contributed by atoms with Crippen LogP contribution in [0.1, 0.15) is 39.7 Å². The van der Waals surface area contributed by atoms with Crippen molar-refractivity contribution >= 4 is 34.5 Å². The minimum Gasteiger partial charge on any atom is -0.381 e. The molecular weight excluding hydrogens is 528 g/mol. The van der Waals surface area contributed by atoms with Gasteiger partial charge in [0.1, 0.15) is 5.56 Å². The normalized spacial score (nSPS) is 10.7. The second-order valence-corrected chi connectivity index (χ2v) is 9.47. The quantitative estimate of drug-likeness (QED) is 0.247. The van der Waals surface area contributed by atoms with Crippen molar-refractivity contribution in [2.45, 2.75) is 20.3 Å². The van der Waals surface area contributed by atoms with E-state index in [1.165, 1.54) is 22.5 Å². The first kappa shape index (κ1) is 29.3. The lowest BCUT2D eigenvalue weighted by molar-refractivity contribution is 0.100. The van der Waals surface area contributed by atoms with Crippen LogP contribution in [0, 0.1) is 18.8 Å². The number of carbonyl (C=O) groups excluding carboxylic acids is 1. The van der Waals surface area contributed by atoms with Crippen molar-refractivity contribution in [1.82, 2.24) is 24.1 Å². The van der Waals surface area contributed by atoms with Crippen LogP contribution in [0.3, 0.4) is 0 Å². The van der Waals surface area contributed by atoms with Gasteiger partial charge in [-0.2, -0.15) is 10.2 Å². The topological polar surface area (TPSA) is 139 Å². The highest BCUT2D eigenvalue weighted by molar-refractivity contribution is 6.02. The predicted octanol–water partition coefficient (Wildman–Crippen LogP) is 3.98. The Kier molecular flexibility index (Phi) is 8.83. The van der Waals surface area contributed by atoms with Crippen LogP contribution in [-0.2, 0) is 20.5 Å². The minimum atomic E-state index is -0.646. The number of benzene rings is 2. The highest BCUT2D eigenvalue weighted by Gasteiger charge is 2.17. The van der Waals surface area contributed by atoms with Gasteiger partial charge in [0.25, 0.3) is 11.5 Å². The number of primary amides is 1. The fourth-order valence-electron chi connectivity index (χ4n) is 4.43. The number of nitrogens with two attached hydrogens (primary N) is 2. The lowest BCUT2D eigenvalue weighted by Gasteiger charge is -2.14. The molecular formula is C32H32N8O2. The largest absolute Gasteiger partial charge is 0.381 e. The smallest absolute Gasteiger partial charge is 0.264 e. The Bertz CT molecular complexity index is 1930. The first-order chi connectivity index (χ1) is 20.1. The molecule has 1 amide bonds. The number of amides is 1. The third kappa shape index (κ3) is 6.21. The summed E-state index contributed by atoms with van der Waals surface area (Å²) in [5, 5.41) is 9.54. The van der Waals surface area contributed by atoms with E-state index in [0.717, 1.165) is 34.3 Å². The van der Waals surface area contributed by atoms with Gasteiger partial charge in [-0.25, -0.2) is 9.67 Å². The zero-order valence-electron chi connectivity index (χ0n) is 24.0. The Labute approximate surface area is 243 Å². The second kappa shape index (κ2) is 12.7. The number of hydrogen-bond donors (Lipinski definition) is 2. The first-order valence-electron chi connectivity index (χ1n) is 13.2. The molecule has 0 spiro atoms. The first-order valence-corrected chi connectivity index (χ1v) is 13.2. The maximum atomic E-state index is 13.5. The Morgan fingerprint density at radius 1 is 1.14 bits per heavy atom. The van der Waals surface area contributed by atoms with Crippen LogP contribution in [0.25, 0.3) is 16.5 Å². The van der Waals surface area contributed by atoms with E-state index in [1.807, 2.05) is 62.6 Å². The van der Waals surface area contributed by atoms with Crippen LogP contribution in [0.15, 0.2) is 83.4 Å². The number of fused-ring (bicyclic) bond motifs is 1. The zero-order chi connectivity index (χ0) is 30.4. The van der Waals surface area contributed by atoms with Crippen LogP contribution in [0.2, 0.25) is 0 Å².